The predicted octanol–water partition coefficient (Wildman–Crippen LogP) is 2.26. The fourth-order valence-corrected chi connectivity index (χ4v) is 2.26. The van der Waals surface area contributed by atoms with Gasteiger partial charge in [0.2, 0.25) is 0 Å². The molecular weight excluding hydrogens is 186 g/mol. The third-order valence-corrected chi connectivity index (χ3v) is 3.35. The smallest absolute Gasteiger partial charge is 0.0549 e. The molecule has 1 heterocycles. The predicted molar refractivity (Wildman–Crippen MR) is 61.5 cm³/mol. The van der Waals surface area contributed by atoms with Gasteiger partial charge in [-0.15, -0.1) is 0 Å². The van der Waals surface area contributed by atoms with Gasteiger partial charge in [-0.05, 0) is 43.6 Å². The van der Waals surface area contributed by atoms with Crippen LogP contribution >= 0.6 is 0 Å². The Hall–Kier alpha value is -1.25. The van der Waals surface area contributed by atoms with Gasteiger partial charge in [0.1, 0.15) is 0 Å². The van der Waals surface area contributed by atoms with Gasteiger partial charge < -0.3 is 11.1 Å². The maximum atomic E-state index is 5.72. The molecule has 0 atom stereocenters. The zero-order valence-electron chi connectivity index (χ0n) is 8.82. The minimum Gasteiger partial charge on any atom is -0.397 e. The lowest BCUT2D eigenvalue weighted by atomic mass is 10.1. The molecule has 3 rings (SSSR count). The number of nitrogens with one attached hydrogen (secondary N) is 1. The van der Waals surface area contributed by atoms with Crippen molar-refractivity contribution in [1.82, 2.24) is 4.98 Å². The molecule has 1 aromatic heterocycles. The van der Waals surface area contributed by atoms with E-state index in [1.165, 1.54) is 25.7 Å². The fraction of sp³-hybridized carbons (Fsp3) is 0.583. The summed E-state index contributed by atoms with van der Waals surface area (Å²) in [5, 5.41) is 3.60. The number of hydrogen-bond acceptors (Lipinski definition) is 3. The van der Waals surface area contributed by atoms with Crippen molar-refractivity contribution >= 4 is 11.4 Å². The minimum absolute atomic E-state index is 0.675. The number of nitrogen functional groups attached to an aromatic ring is 1. The van der Waals surface area contributed by atoms with Crippen molar-refractivity contribution in [2.24, 2.45) is 11.8 Å². The Kier molecular flexibility index (Phi) is 2.04. The van der Waals surface area contributed by atoms with E-state index in [2.05, 4.69) is 10.3 Å². The molecule has 0 amide bonds. The van der Waals surface area contributed by atoms with Crippen molar-refractivity contribution in [3.05, 3.63) is 18.5 Å². The summed E-state index contributed by atoms with van der Waals surface area (Å²) in [5.41, 5.74) is 7.54. The number of pyridine rings is 1. The fourth-order valence-electron chi connectivity index (χ4n) is 2.26. The Labute approximate surface area is 90.1 Å². The van der Waals surface area contributed by atoms with Gasteiger partial charge in [0, 0.05) is 12.2 Å². The van der Waals surface area contributed by atoms with Gasteiger partial charge in [-0.3, -0.25) is 4.98 Å². The van der Waals surface area contributed by atoms with Crippen LogP contribution in [-0.2, 0) is 0 Å². The average Bonchev–Trinajstić information content (AvgIpc) is 3.07. The minimum atomic E-state index is 0.675. The standard InChI is InChI=1S/C12H17N3/c13-10-5-11(7-14-6-10)15-12(8-1-2-8)9-3-4-9/h5-9,12,15H,1-4,13H2. The molecule has 0 aromatic carbocycles. The van der Waals surface area contributed by atoms with E-state index >= 15 is 0 Å². The third kappa shape index (κ3) is 2.06. The summed E-state index contributed by atoms with van der Waals surface area (Å²) in [7, 11) is 0. The topological polar surface area (TPSA) is 50.9 Å². The summed E-state index contributed by atoms with van der Waals surface area (Å²) in [6, 6.07) is 2.65. The first-order valence-electron chi connectivity index (χ1n) is 5.80. The van der Waals surface area contributed by atoms with Crippen molar-refractivity contribution in [3.63, 3.8) is 0 Å². The van der Waals surface area contributed by atoms with Crippen LogP contribution in [0.5, 0.6) is 0 Å². The molecule has 0 radical (unpaired) electrons. The van der Waals surface area contributed by atoms with Crippen LogP contribution in [0.3, 0.4) is 0 Å². The second-order valence-electron chi connectivity index (χ2n) is 4.85. The molecule has 2 saturated carbocycles. The first kappa shape index (κ1) is 9.01. The maximum Gasteiger partial charge on any atom is 0.0549 e. The molecule has 1 aromatic rings. The van der Waals surface area contributed by atoms with Gasteiger partial charge in [0.25, 0.3) is 0 Å². The molecule has 15 heavy (non-hydrogen) atoms. The molecule has 3 nitrogen and oxygen atoms in total. The summed E-state index contributed by atoms with van der Waals surface area (Å²) < 4.78 is 0. The number of anilines is 2. The molecule has 0 bridgehead atoms. The van der Waals surface area contributed by atoms with E-state index in [1.54, 1.807) is 6.20 Å². The van der Waals surface area contributed by atoms with Gasteiger partial charge in [-0.25, -0.2) is 0 Å². The molecule has 3 N–H and O–H groups in total. The Morgan fingerprint density at radius 2 is 1.87 bits per heavy atom. The maximum absolute atomic E-state index is 5.72. The van der Waals surface area contributed by atoms with E-state index in [9.17, 15) is 0 Å². The van der Waals surface area contributed by atoms with Gasteiger partial charge >= 0.3 is 0 Å². The number of aromatic nitrogens is 1. The first-order valence-corrected chi connectivity index (χ1v) is 5.80. The Balaban J connectivity index is 1.71. The Morgan fingerprint density at radius 1 is 1.20 bits per heavy atom. The van der Waals surface area contributed by atoms with E-state index in [4.69, 9.17) is 5.73 Å². The van der Waals surface area contributed by atoms with E-state index in [0.717, 1.165) is 23.2 Å². The highest BCUT2D eigenvalue weighted by molar-refractivity contribution is 5.52. The zero-order valence-corrected chi connectivity index (χ0v) is 8.82. The highest BCUT2D eigenvalue weighted by Gasteiger charge is 2.41. The van der Waals surface area contributed by atoms with Crippen LogP contribution in [0.15, 0.2) is 18.5 Å². The number of nitrogens with zero attached hydrogens (tertiary/aromatic N) is 1. The van der Waals surface area contributed by atoms with Crippen LogP contribution in [-0.4, -0.2) is 11.0 Å². The van der Waals surface area contributed by atoms with Crippen molar-refractivity contribution in [2.75, 3.05) is 11.1 Å². The van der Waals surface area contributed by atoms with Gasteiger partial charge in [0.15, 0.2) is 0 Å². The third-order valence-electron chi connectivity index (χ3n) is 3.35. The monoisotopic (exact) mass is 203 g/mol. The zero-order chi connectivity index (χ0) is 10.3. The largest absolute Gasteiger partial charge is 0.397 e. The van der Waals surface area contributed by atoms with E-state index in [-0.39, 0.29) is 0 Å². The lowest BCUT2D eigenvalue weighted by Crippen LogP contribution is -2.24. The highest BCUT2D eigenvalue weighted by Crippen LogP contribution is 2.45. The second-order valence-corrected chi connectivity index (χ2v) is 4.85. The average molecular weight is 203 g/mol. The lowest BCUT2D eigenvalue weighted by molar-refractivity contribution is 0.567. The van der Waals surface area contributed by atoms with Crippen LogP contribution in [0.25, 0.3) is 0 Å². The molecule has 3 heteroatoms. The van der Waals surface area contributed by atoms with E-state index in [0.29, 0.717) is 6.04 Å². The van der Waals surface area contributed by atoms with Crippen molar-refractivity contribution in [3.8, 4) is 0 Å². The molecule has 2 fully saturated rings. The number of rotatable bonds is 4. The normalized spacial score (nSPS) is 20.6. The number of hydrogen-bond donors (Lipinski definition) is 2. The Morgan fingerprint density at radius 3 is 2.40 bits per heavy atom. The highest BCUT2D eigenvalue weighted by atomic mass is 15.0. The molecule has 0 saturated heterocycles. The van der Waals surface area contributed by atoms with E-state index in [1.807, 2.05) is 12.3 Å². The lowest BCUT2D eigenvalue weighted by Gasteiger charge is -2.18. The van der Waals surface area contributed by atoms with Crippen molar-refractivity contribution in [1.29, 1.82) is 0 Å². The van der Waals surface area contributed by atoms with Crippen LogP contribution < -0.4 is 11.1 Å². The summed E-state index contributed by atoms with van der Waals surface area (Å²) in [4.78, 5) is 4.11. The van der Waals surface area contributed by atoms with Crippen LogP contribution in [0, 0.1) is 11.8 Å². The van der Waals surface area contributed by atoms with Crippen LogP contribution in [0.4, 0.5) is 11.4 Å². The quantitative estimate of drug-likeness (QED) is 0.789. The molecule has 0 aliphatic heterocycles. The van der Waals surface area contributed by atoms with E-state index < -0.39 is 0 Å². The summed E-state index contributed by atoms with van der Waals surface area (Å²) in [6.07, 6.45) is 9.13. The molecule has 2 aliphatic carbocycles. The van der Waals surface area contributed by atoms with Crippen LogP contribution in [0.1, 0.15) is 25.7 Å². The summed E-state index contributed by atoms with van der Waals surface area (Å²) in [6.45, 7) is 0. The summed E-state index contributed by atoms with van der Waals surface area (Å²) >= 11 is 0. The van der Waals surface area contributed by atoms with Crippen LogP contribution in [0.2, 0.25) is 0 Å². The van der Waals surface area contributed by atoms with Gasteiger partial charge in [0.05, 0.1) is 17.6 Å². The molecule has 2 aliphatic rings. The Bertz CT molecular complexity index is 344. The molecular formula is C12H17N3. The first-order chi connectivity index (χ1) is 7.33. The van der Waals surface area contributed by atoms with Crippen molar-refractivity contribution in [2.45, 2.75) is 31.7 Å². The second kappa shape index (κ2) is 3.40. The van der Waals surface area contributed by atoms with Gasteiger partial charge in [-0.2, -0.15) is 0 Å². The number of nitrogens with two attached hydrogens (primary N) is 1. The molecule has 0 spiro atoms. The SMILES string of the molecule is Nc1cncc(NC(C2CC2)C2CC2)c1. The molecule has 80 valence electrons. The molecule has 0 unspecified atom stereocenters. The summed E-state index contributed by atoms with van der Waals surface area (Å²) in [5.74, 6) is 1.80. The van der Waals surface area contributed by atoms with Gasteiger partial charge in [-0.1, -0.05) is 0 Å². The van der Waals surface area contributed by atoms with Crippen molar-refractivity contribution < 1.29 is 0 Å².